The standard InChI is InChI=1S/C12H20N4O2/c17-12(8-13-7-11-14-9-18-16-11)15-10-5-3-1-2-4-6-10/h9-10,13H,1-8H2,(H,15,17). The quantitative estimate of drug-likeness (QED) is 0.764. The summed E-state index contributed by atoms with van der Waals surface area (Å²) in [6.45, 7) is 0.750. The van der Waals surface area contributed by atoms with Crippen molar-refractivity contribution in [1.29, 1.82) is 0 Å². The van der Waals surface area contributed by atoms with Crippen molar-refractivity contribution in [3.8, 4) is 0 Å². The molecule has 0 aliphatic heterocycles. The largest absolute Gasteiger partial charge is 0.352 e. The second kappa shape index (κ2) is 7.10. The minimum absolute atomic E-state index is 0.0467. The van der Waals surface area contributed by atoms with Gasteiger partial charge in [-0.05, 0) is 12.8 Å². The molecule has 1 saturated carbocycles. The first-order valence-electron chi connectivity index (χ1n) is 6.60. The second-order valence-electron chi connectivity index (χ2n) is 4.71. The lowest BCUT2D eigenvalue weighted by Gasteiger charge is -2.16. The van der Waals surface area contributed by atoms with E-state index in [1.54, 1.807) is 0 Å². The van der Waals surface area contributed by atoms with E-state index in [4.69, 9.17) is 0 Å². The number of carbonyl (C=O) groups is 1. The molecule has 1 fully saturated rings. The van der Waals surface area contributed by atoms with E-state index < -0.39 is 0 Å². The van der Waals surface area contributed by atoms with Gasteiger partial charge in [-0.2, -0.15) is 4.98 Å². The highest BCUT2D eigenvalue weighted by Gasteiger charge is 2.14. The topological polar surface area (TPSA) is 80.1 Å². The lowest BCUT2D eigenvalue weighted by molar-refractivity contribution is -0.121. The van der Waals surface area contributed by atoms with Crippen molar-refractivity contribution in [2.75, 3.05) is 6.54 Å². The van der Waals surface area contributed by atoms with Crippen molar-refractivity contribution < 1.29 is 9.32 Å². The van der Waals surface area contributed by atoms with Crippen molar-refractivity contribution in [3.63, 3.8) is 0 Å². The van der Waals surface area contributed by atoms with Crippen LogP contribution in [-0.4, -0.2) is 28.6 Å². The maximum atomic E-state index is 11.7. The van der Waals surface area contributed by atoms with Crippen LogP contribution in [0.4, 0.5) is 0 Å². The molecule has 1 heterocycles. The van der Waals surface area contributed by atoms with Gasteiger partial charge in [0.05, 0.1) is 13.1 Å². The van der Waals surface area contributed by atoms with Gasteiger partial charge in [-0.25, -0.2) is 0 Å². The first kappa shape index (κ1) is 13.0. The summed E-state index contributed by atoms with van der Waals surface area (Å²) < 4.78 is 4.61. The van der Waals surface area contributed by atoms with Crippen LogP contribution >= 0.6 is 0 Å². The molecule has 2 N–H and O–H groups in total. The summed E-state index contributed by atoms with van der Waals surface area (Å²) in [4.78, 5) is 15.6. The number of aromatic nitrogens is 2. The number of rotatable bonds is 5. The van der Waals surface area contributed by atoms with Crippen LogP contribution in [0.3, 0.4) is 0 Å². The van der Waals surface area contributed by atoms with Gasteiger partial charge >= 0.3 is 0 Å². The Morgan fingerprint density at radius 2 is 2.11 bits per heavy atom. The van der Waals surface area contributed by atoms with Gasteiger partial charge < -0.3 is 15.2 Å². The predicted molar refractivity (Wildman–Crippen MR) is 65.6 cm³/mol. The summed E-state index contributed by atoms with van der Waals surface area (Å²) in [5.74, 6) is 0.614. The molecular weight excluding hydrogens is 232 g/mol. The number of amides is 1. The Labute approximate surface area is 107 Å². The second-order valence-corrected chi connectivity index (χ2v) is 4.71. The van der Waals surface area contributed by atoms with Gasteiger partial charge in [-0.1, -0.05) is 30.8 Å². The molecule has 0 atom stereocenters. The molecular formula is C12H20N4O2. The summed E-state index contributed by atoms with van der Waals surface area (Å²) in [7, 11) is 0. The van der Waals surface area contributed by atoms with E-state index in [1.807, 2.05) is 0 Å². The molecule has 1 aliphatic carbocycles. The Balaban J connectivity index is 1.62. The number of hydrogen-bond donors (Lipinski definition) is 2. The fraction of sp³-hybridized carbons (Fsp3) is 0.750. The summed E-state index contributed by atoms with van der Waals surface area (Å²) >= 11 is 0. The molecule has 100 valence electrons. The fourth-order valence-corrected chi connectivity index (χ4v) is 2.26. The molecule has 6 nitrogen and oxygen atoms in total. The van der Waals surface area contributed by atoms with Crippen LogP contribution in [0.5, 0.6) is 0 Å². The third-order valence-electron chi connectivity index (χ3n) is 3.20. The molecule has 1 aromatic heterocycles. The third-order valence-corrected chi connectivity index (χ3v) is 3.20. The molecule has 2 rings (SSSR count). The Kier molecular flexibility index (Phi) is 5.14. The Morgan fingerprint density at radius 3 is 2.78 bits per heavy atom. The van der Waals surface area contributed by atoms with Crippen LogP contribution in [0.2, 0.25) is 0 Å². The maximum absolute atomic E-state index is 11.7. The van der Waals surface area contributed by atoms with Crippen LogP contribution < -0.4 is 10.6 Å². The van der Waals surface area contributed by atoms with Gasteiger partial charge in [0.2, 0.25) is 12.3 Å². The van der Waals surface area contributed by atoms with E-state index in [2.05, 4.69) is 25.3 Å². The zero-order chi connectivity index (χ0) is 12.6. The van der Waals surface area contributed by atoms with Crippen molar-refractivity contribution in [3.05, 3.63) is 12.2 Å². The number of carbonyl (C=O) groups excluding carboxylic acids is 1. The van der Waals surface area contributed by atoms with E-state index in [1.165, 1.54) is 32.1 Å². The van der Waals surface area contributed by atoms with Crippen LogP contribution in [0.25, 0.3) is 0 Å². The first-order valence-corrected chi connectivity index (χ1v) is 6.60. The minimum atomic E-state index is 0.0467. The minimum Gasteiger partial charge on any atom is -0.352 e. The van der Waals surface area contributed by atoms with E-state index in [9.17, 15) is 4.79 Å². The lowest BCUT2D eigenvalue weighted by Crippen LogP contribution is -2.40. The molecule has 1 aromatic rings. The van der Waals surface area contributed by atoms with Crippen LogP contribution in [0, 0.1) is 0 Å². The van der Waals surface area contributed by atoms with Gasteiger partial charge in [-0.3, -0.25) is 4.79 Å². The van der Waals surface area contributed by atoms with E-state index in [-0.39, 0.29) is 5.91 Å². The summed E-state index contributed by atoms with van der Waals surface area (Å²) in [6.07, 6.45) is 8.53. The molecule has 0 bridgehead atoms. The van der Waals surface area contributed by atoms with Gasteiger partial charge in [0, 0.05) is 6.04 Å². The van der Waals surface area contributed by atoms with Gasteiger partial charge in [-0.15, -0.1) is 0 Å². The number of hydrogen-bond acceptors (Lipinski definition) is 5. The highest BCUT2D eigenvalue weighted by atomic mass is 16.5. The van der Waals surface area contributed by atoms with Crippen molar-refractivity contribution in [1.82, 2.24) is 20.8 Å². The van der Waals surface area contributed by atoms with Crippen LogP contribution in [0.1, 0.15) is 44.3 Å². The van der Waals surface area contributed by atoms with Gasteiger partial charge in [0.15, 0.2) is 5.82 Å². The normalized spacial score (nSPS) is 17.3. The fourth-order valence-electron chi connectivity index (χ4n) is 2.26. The Bertz CT molecular complexity index is 345. The average molecular weight is 252 g/mol. The molecule has 1 aliphatic rings. The number of nitrogens with zero attached hydrogens (tertiary/aromatic N) is 2. The summed E-state index contributed by atoms with van der Waals surface area (Å²) in [6, 6.07) is 0.354. The zero-order valence-corrected chi connectivity index (χ0v) is 10.5. The third kappa shape index (κ3) is 4.44. The van der Waals surface area contributed by atoms with Crippen molar-refractivity contribution >= 4 is 5.91 Å². The van der Waals surface area contributed by atoms with E-state index in [0.717, 1.165) is 12.8 Å². The molecule has 18 heavy (non-hydrogen) atoms. The lowest BCUT2D eigenvalue weighted by atomic mass is 10.1. The average Bonchev–Trinajstić information content (AvgIpc) is 2.74. The molecule has 0 aromatic carbocycles. The SMILES string of the molecule is O=C(CNCc1ncon1)NC1CCCCCC1. The van der Waals surface area contributed by atoms with E-state index >= 15 is 0 Å². The molecule has 1 amide bonds. The molecule has 0 saturated heterocycles. The molecule has 0 unspecified atom stereocenters. The summed E-state index contributed by atoms with van der Waals surface area (Å²) in [5, 5.41) is 9.73. The van der Waals surface area contributed by atoms with Crippen LogP contribution in [0.15, 0.2) is 10.9 Å². The first-order chi connectivity index (χ1) is 8.84. The Morgan fingerprint density at radius 1 is 1.33 bits per heavy atom. The summed E-state index contributed by atoms with van der Waals surface area (Å²) in [5.41, 5.74) is 0. The highest BCUT2D eigenvalue weighted by molar-refractivity contribution is 5.78. The van der Waals surface area contributed by atoms with Gasteiger partial charge in [0.25, 0.3) is 0 Å². The highest BCUT2D eigenvalue weighted by Crippen LogP contribution is 2.16. The van der Waals surface area contributed by atoms with Crippen molar-refractivity contribution in [2.45, 2.75) is 51.1 Å². The monoisotopic (exact) mass is 252 g/mol. The van der Waals surface area contributed by atoms with Gasteiger partial charge in [0.1, 0.15) is 0 Å². The molecule has 6 heteroatoms. The zero-order valence-electron chi connectivity index (χ0n) is 10.5. The van der Waals surface area contributed by atoms with E-state index in [0.29, 0.717) is 25.0 Å². The molecule has 0 spiro atoms. The number of nitrogens with one attached hydrogen (secondary N) is 2. The Hall–Kier alpha value is -1.43. The predicted octanol–water partition coefficient (Wildman–Crippen LogP) is 0.998. The smallest absolute Gasteiger partial charge is 0.234 e. The maximum Gasteiger partial charge on any atom is 0.234 e. The molecule has 0 radical (unpaired) electrons. The van der Waals surface area contributed by atoms with Crippen LogP contribution in [-0.2, 0) is 11.3 Å². The van der Waals surface area contributed by atoms with Crippen molar-refractivity contribution in [2.24, 2.45) is 0 Å².